The topological polar surface area (TPSA) is 72.1 Å². The smallest absolute Gasteiger partial charge is 0.314 e. The molecule has 1 aliphatic heterocycles. The van der Waals surface area contributed by atoms with E-state index in [9.17, 15) is 13.6 Å². The van der Waals surface area contributed by atoms with Gasteiger partial charge in [-0.2, -0.15) is 8.78 Å². The van der Waals surface area contributed by atoms with E-state index in [1.807, 2.05) is 30.3 Å². The lowest BCUT2D eigenvalue weighted by atomic mass is 10.1. The van der Waals surface area contributed by atoms with Crippen LogP contribution in [0.4, 0.5) is 13.9 Å². The molecule has 1 aliphatic rings. The molecule has 25 heavy (non-hydrogen) atoms. The number of hydrogen-bond donors (Lipinski definition) is 0. The summed E-state index contributed by atoms with van der Waals surface area (Å²) in [6, 6.07) is 9.62. The maximum Gasteiger partial charge on any atom is 0.314 e. The summed E-state index contributed by atoms with van der Waals surface area (Å²) >= 11 is 1.24. The maximum absolute atomic E-state index is 12.6. The first-order chi connectivity index (χ1) is 12.1. The summed E-state index contributed by atoms with van der Waals surface area (Å²) in [6.45, 7) is 0. The number of rotatable bonds is 4. The van der Waals surface area contributed by atoms with Crippen LogP contribution in [0, 0.1) is 0 Å². The Morgan fingerprint density at radius 2 is 2.04 bits per heavy atom. The van der Waals surface area contributed by atoms with Crippen molar-refractivity contribution in [2.75, 3.05) is 4.90 Å². The Morgan fingerprint density at radius 1 is 1.24 bits per heavy atom. The first-order valence-electron chi connectivity index (χ1n) is 7.58. The molecule has 0 radical (unpaired) electrons. The number of nitrogens with zero attached hydrogens (tertiary/aromatic N) is 4. The van der Waals surface area contributed by atoms with Crippen LogP contribution < -0.4 is 4.90 Å². The van der Waals surface area contributed by atoms with Crippen LogP contribution in [0.25, 0.3) is 11.6 Å². The molecule has 0 bridgehead atoms. The van der Waals surface area contributed by atoms with Crippen molar-refractivity contribution < 1.29 is 18.0 Å². The number of carbonyl (C=O) groups excluding carboxylic acids is 1. The summed E-state index contributed by atoms with van der Waals surface area (Å²) in [4.78, 5) is 18.3. The van der Waals surface area contributed by atoms with Crippen molar-refractivity contribution in [1.29, 1.82) is 0 Å². The van der Waals surface area contributed by atoms with Crippen molar-refractivity contribution >= 4 is 22.4 Å². The average molecular weight is 362 g/mol. The predicted molar refractivity (Wildman–Crippen MR) is 86.3 cm³/mol. The summed E-state index contributed by atoms with van der Waals surface area (Å²) in [5.41, 5.74) is 1.31. The number of aromatic nitrogens is 3. The van der Waals surface area contributed by atoms with E-state index in [0.29, 0.717) is 18.0 Å². The zero-order chi connectivity index (χ0) is 17.4. The molecule has 1 saturated heterocycles. The number of thiazole rings is 1. The quantitative estimate of drug-likeness (QED) is 0.701. The van der Waals surface area contributed by atoms with E-state index in [4.69, 9.17) is 4.42 Å². The number of amides is 1. The number of benzene rings is 1. The Labute approximate surface area is 145 Å². The van der Waals surface area contributed by atoms with Crippen LogP contribution in [0.3, 0.4) is 0 Å². The highest BCUT2D eigenvalue weighted by Crippen LogP contribution is 2.39. The van der Waals surface area contributed by atoms with Gasteiger partial charge in [0.05, 0.1) is 6.04 Å². The first-order valence-corrected chi connectivity index (χ1v) is 8.46. The van der Waals surface area contributed by atoms with Crippen molar-refractivity contribution in [1.82, 2.24) is 15.2 Å². The van der Waals surface area contributed by atoms with Crippen LogP contribution in [0.1, 0.15) is 36.8 Å². The highest BCUT2D eigenvalue weighted by molar-refractivity contribution is 7.14. The highest BCUT2D eigenvalue weighted by atomic mass is 32.1. The van der Waals surface area contributed by atoms with Crippen molar-refractivity contribution in [3.63, 3.8) is 0 Å². The van der Waals surface area contributed by atoms with Gasteiger partial charge in [0.15, 0.2) is 5.13 Å². The Morgan fingerprint density at radius 3 is 2.76 bits per heavy atom. The minimum Gasteiger partial charge on any atom is -0.414 e. The van der Waals surface area contributed by atoms with Crippen molar-refractivity contribution in [3.05, 3.63) is 47.2 Å². The van der Waals surface area contributed by atoms with E-state index < -0.39 is 12.3 Å². The summed E-state index contributed by atoms with van der Waals surface area (Å²) in [7, 11) is 0. The number of hydrogen-bond acceptors (Lipinski definition) is 6. The van der Waals surface area contributed by atoms with E-state index >= 15 is 0 Å². The molecular weight excluding hydrogens is 350 g/mol. The second-order valence-corrected chi connectivity index (χ2v) is 6.33. The molecule has 3 heterocycles. The zero-order valence-electron chi connectivity index (χ0n) is 12.8. The lowest BCUT2D eigenvalue weighted by Crippen LogP contribution is -2.27. The Hall–Kier alpha value is -2.68. The summed E-state index contributed by atoms with van der Waals surface area (Å²) in [6.07, 6.45) is -1.69. The molecular formula is C16H12F2N4O2S. The Kier molecular flexibility index (Phi) is 4.00. The Balaban J connectivity index is 1.64. The first kappa shape index (κ1) is 15.8. The molecule has 1 unspecified atom stereocenters. The minimum absolute atomic E-state index is 0.0199. The molecule has 2 aromatic heterocycles. The van der Waals surface area contributed by atoms with E-state index in [1.165, 1.54) is 11.3 Å². The van der Waals surface area contributed by atoms with Gasteiger partial charge in [0.2, 0.25) is 5.91 Å². The van der Waals surface area contributed by atoms with E-state index in [1.54, 1.807) is 10.3 Å². The minimum atomic E-state index is -2.83. The lowest BCUT2D eigenvalue weighted by molar-refractivity contribution is -0.117. The molecule has 0 saturated carbocycles. The van der Waals surface area contributed by atoms with E-state index in [2.05, 4.69) is 15.2 Å². The SMILES string of the molecule is O=C1CCC(c2ccccc2)N1c1nc(-c2nnc(C(F)F)o2)cs1. The molecule has 9 heteroatoms. The molecule has 1 aromatic carbocycles. The fraction of sp³-hybridized carbons (Fsp3) is 0.250. The molecule has 0 N–H and O–H groups in total. The van der Waals surface area contributed by atoms with Crippen LogP contribution in [0.15, 0.2) is 40.1 Å². The largest absolute Gasteiger partial charge is 0.414 e. The Bertz CT molecular complexity index is 896. The summed E-state index contributed by atoms with van der Waals surface area (Å²) in [5, 5.41) is 8.99. The van der Waals surface area contributed by atoms with Gasteiger partial charge in [0.1, 0.15) is 5.69 Å². The van der Waals surface area contributed by atoms with Gasteiger partial charge in [-0.05, 0) is 12.0 Å². The van der Waals surface area contributed by atoms with Crippen molar-refractivity contribution in [3.8, 4) is 11.6 Å². The molecule has 0 spiro atoms. The molecule has 128 valence electrons. The van der Waals surface area contributed by atoms with Gasteiger partial charge in [0.25, 0.3) is 11.8 Å². The van der Waals surface area contributed by atoms with Gasteiger partial charge in [-0.25, -0.2) is 4.98 Å². The lowest BCUT2D eigenvalue weighted by Gasteiger charge is -2.22. The fourth-order valence-electron chi connectivity index (χ4n) is 2.81. The molecule has 6 nitrogen and oxygen atoms in total. The average Bonchev–Trinajstić information content (AvgIpc) is 3.34. The summed E-state index contributed by atoms with van der Waals surface area (Å²) in [5.74, 6) is -0.849. The molecule has 0 aliphatic carbocycles. The van der Waals surface area contributed by atoms with Gasteiger partial charge in [0, 0.05) is 11.8 Å². The second kappa shape index (κ2) is 6.32. The second-order valence-electron chi connectivity index (χ2n) is 5.49. The molecule has 4 rings (SSSR count). The van der Waals surface area contributed by atoms with Crippen LogP contribution in [-0.2, 0) is 4.79 Å². The molecule has 1 amide bonds. The third-order valence-electron chi connectivity index (χ3n) is 3.94. The normalized spacial score (nSPS) is 17.6. The number of anilines is 1. The maximum atomic E-state index is 12.6. The zero-order valence-corrected chi connectivity index (χ0v) is 13.6. The van der Waals surface area contributed by atoms with Gasteiger partial charge in [-0.3, -0.25) is 9.69 Å². The molecule has 3 aromatic rings. The number of alkyl halides is 2. The molecule has 1 atom stereocenters. The van der Waals surface area contributed by atoms with Crippen LogP contribution in [-0.4, -0.2) is 21.1 Å². The van der Waals surface area contributed by atoms with Gasteiger partial charge in [-0.1, -0.05) is 30.3 Å². The van der Waals surface area contributed by atoms with E-state index in [-0.39, 0.29) is 23.5 Å². The van der Waals surface area contributed by atoms with Gasteiger partial charge >= 0.3 is 6.43 Å². The van der Waals surface area contributed by atoms with Gasteiger partial charge < -0.3 is 4.42 Å². The summed E-state index contributed by atoms with van der Waals surface area (Å²) < 4.78 is 30.1. The number of carbonyl (C=O) groups is 1. The van der Waals surface area contributed by atoms with Crippen LogP contribution in [0.2, 0.25) is 0 Å². The highest BCUT2D eigenvalue weighted by Gasteiger charge is 2.35. The third-order valence-corrected chi connectivity index (χ3v) is 4.78. The van der Waals surface area contributed by atoms with Crippen LogP contribution in [0.5, 0.6) is 0 Å². The monoisotopic (exact) mass is 362 g/mol. The number of halogens is 2. The fourth-order valence-corrected chi connectivity index (χ4v) is 3.68. The standard InChI is InChI=1S/C16H12F2N4O2S/c17-13(18)15-21-20-14(24-15)10-8-25-16(19-10)22-11(6-7-12(22)23)9-4-2-1-3-5-9/h1-5,8,11,13H,6-7H2. The van der Waals surface area contributed by atoms with Crippen molar-refractivity contribution in [2.45, 2.75) is 25.3 Å². The van der Waals surface area contributed by atoms with Gasteiger partial charge in [-0.15, -0.1) is 21.5 Å². The predicted octanol–water partition coefficient (Wildman–Crippen LogP) is 4.00. The van der Waals surface area contributed by atoms with Crippen molar-refractivity contribution in [2.24, 2.45) is 0 Å². The van der Waals surface area contributed by atoms with E-state index in [0.717, 1.165) is 5.56 Å². The molecule has 1 fully saturated rings. The van der Waals surface area contributed by atoms with Crippen LogP contribution >= 0.6 is 11.3 Å². The third kappa shape index (κ3) is 2.91.